The zero-order valence-electron chi connectivity index (χ0n) is 21.7. The lowest BCUT2D eigenvalue weighted by Gasteiger charge is -2.34. The Morgan fingerprint density at radius 3 is 2.76 bits per heavy atom. The standard InChI is InChI=1S/C26H21ClF4N8O2/c1-10-9-41-24-17-21(36-25(40-3)37-23(17)39(10)11(2)12-5-4-6-33-22(12)32)19(28)20(35-24)16-13-8-34-38-15(13)7-14(27)18(16)26(29,30)31/h4-8,10-11H,9H2,1-3H3,(H2,32,33)(H,34,38)/t10-,11?/m0/s1. The zero-order valence-corrected chi connectivity index (χ0v) is 22.5. The number of halogens is 5. The Morgan fingerprint density at radius 2 is 2.05 bits per heavy atom. The van der Waals surface area contributed by atoms with Gasteiger partial charge in [0, 0.05) is 22.7 Å². The van der Waals surface area contributed by atoms with Crippen molar-refractivity contribution < 1.29 is 27.0 Å². The van der Waals surface area contributed by atoms with E-state index in [0.717, 1.165) is 12.3 Å². The highest BCUT2D eigenvalue weighted by atomic mass is 35.5. The molecule has 41 heavy (non-hydrogen) atoms. The van der Waals surface area contributed by atoms with Crippen molar-refractivity contribution in [2.45, 2.75) is 32.1 Å². The van der Waals surface area contributed by atoms with E-state index >= 15 is 4.39 Å². The van der Waals surface area contributed by atoms with Gasteiger partial charge in [-0.2, -0.15) is 28.2 Å². The molecule has 0 saturated heterocycles. The van der Waals surface area contributed by atoms with E-state index in [4.69, 9.17) is 26.8 Å². The van der Waals surface area contributed by atoms with Crippen LogP contribution in [-0.4, -0.2) is 49.9 Å². The Balaban J connectivity index is 1.69. The third kappa shape index (κ3) is 4.20. The molecule has 0 spiro atoms. The van der Waals surface area contributed by atoms with Crippen LogP contribution < -0.4 is 20.1 Å². The number of pyridine rings is 2. The number of nitrogens with one attached hydrogen (secondary N) is 1. The van der Waals surface area contributed by atoms with Crippen LogP contribution in [0.2, 0.25) is 5.02 Å². The average Bonchev–Trinajstić information content (AvgIpc) is 3.34. The minimum absolute atomic E-state index is 0.0269. The summed E-state index contributed by atoms with van der Waals surface area (Å²) in [7, 11) is 1.30. The number of hydrogen-bond donors (Lipinski definition) is 2. The SMILES string of the molecule is COc1nc2c3c(nc(-c4c(C(F)(F)F)c(Cl)cc5[nH]ncc45)c(F)c3n1)OC[C@H](C)N2C(C)c1cccnc1N. The van der Waals surface area contributed by atoms with E-state index in [9.17, 15) is 13.2 Å². The van der Waals surface area contributed by atoms with E-state index in [1.54, 1.807) is 18.3 Å². The number of ether oxygens (including phenoxy) is 2. The fraction of sp³-hybridized carbons (Fsp3) is 0.269. The van der Waals surface area contributed by atoms with Crippen LogP contribution in [0.5, 0.6) is 11.9 Å². The summed E-state index contributed by atoms with van der Waals surface area (Å²) in [4.78, 5) is 19.0. The predicted octanol–water partition coefficient (Wildman–Crippen LogP) is 5.71. The summed E-state index contributed by atoms with van der Waals surface area (Å²) in [6, 6.07) is 3.58. The Hall–Kier alpha value is -4.46. The van der Waals surface area contributed by atoms with Crippen LogP contribution in [-0.2, 0) is 6.18 Å². The molecule has 0 radical (unpaired) electrons. The van der Waals surface area contributed by atoms with E-state index < -0.39 is 39.9 Å². The minimum atomic E-state index is -4.95. The third-order valence-corrected chi connectivity index (χ3v) is 7.33. The molecular formula is C26H21ClF4N8O2. The number of aromatic nitrogens is 6. The van der Waals surface area contributed by atoms with Crippen molar-refractivity contribution in [3.05, 3.63) is 52.6 Å². The second-order valence-corrected chi connectivity index (χ2v) is 9.90. The van der Waals surface area contributed by atoms with Crippen molar-refractivity contribution in [1.82, 2.24) is 30.1 Å². The highest BCUT2D eigenvalue weighted by Gasteiger charge is 2.40. The predicted molar refractivity (Wildman–Crippen MR) is 143 cm³/mol. The molecule has 4 aromatic heterocycles. The number of nitrogens with two attached hydrogens (primary N) is 1. The fourth-order valence-corrected chi connectivity index (χ4v) is 5.53. The lowest BCUT2D eigenvalue weighted by molar-refractivity contribution is -0.136. The average molecular weight is 589 g/mol. The topological polar surface area (TPSA) is 128 Å². The number of alkyl halides is 3. The minimum Gasteiger partial charge on any atom is -0.475 e. The quantitative estimate of drug-likeness (QED) is 0.254. The molecule has 1 aromatic carbocycles. The van der Waals surface area contributed by atoms with E-state index in [1.165, 1.54) is 7.11 Å². The van der Waals surface area contributed by atoms with Crippen LogP contribution >= 0.6 is 11.6 Å². The second-order valence-electron chi connectivity index (χ2n) is 9.50. The van der Waals surface area contributed by atoms with E-state index in [1.807, 2.05) is 18.7 Å². The number of fused-ring (bicyclic) bond motifs is 1. The van der Waals surface area contributed by atoms with Crippen molar-refractivity contribution >= 4 is 45.0 Å². The molecule has 0 fully saturated rings. The molecule has 15 heteroatoms. The lowest BCUT2D eigenvalue weighted by Crippen LogP contribution is -2.39. The van der Waals surface area contributed by atoms with Gasteiger partial charge < -0.3 is 20.1 Å². The number of rotatable bonds is 4. The Labute approximate surface area is 234 Å². The Kier molecular flexibility index (Phi) is 6.25. The highest BCUT2D eigenvalue weighted by molar-refractivity contribution is 6.33. The first-order chi connectivity index (χ1) is 19.5. The van der Waals surface area contributed by atoms with Crippen LogP contribution in [0.4, 0.5) is 29.2 Å². The lowest BCUT2D eigenvalue weighted by atomic mass is 9.98. The molecule has 212 valence electrons. The van der Waals surface area contributed by atoms with E-state index in [2.05, 4.69) is 30.1 Å². The molecule has 1 aliphatic rings. The normalized spacial score (nSPS) is 16.1. The van der Waals surface area contributed by atoms with Gasteiger partial charge in [0.15, 0.2) is 5.82 Å². The number of hydrogen-bond acceptors (Lipinski definition) is 9. The molecule has 6 rings (SSSR count). The zero-order chi connectivity index (χ0) is 29.2. The second kappa shape index (κ2) is 9.58. The van der Waals surface area contributed by atoms with Crippen LogP contribution in [0.25, 0.3) is 33.1 Å². The van der Waals surface area contributed by atoms with Gasteiger partial charge in [-0.25, -0.2) is 14.4 Å². The van der Waals surface area contributed by atoms with Crippen molar-refractivity contribution in [2.75, 3.05) is 24.4 Å². The van der Waals surface area contributed by atoms with E-state index in [-0.39, 0.29) is 52.2 Å². The summed E-state index contributed by atoms with van der Waals surface area (Å²) in [5, 5.41) is 5.78. The smallest absolute Gasteiger partial charge is 0.418 e. The largest absolute Gasteiger partial charge is 0.475 e. The number of nitrogen functional groups attached to an aromatic ring is 1. The molecule has 0 saturated carbocycles. The maximum absolute atomic E-state index is 16.5. The number of anilines is 2. The Bertz CT molecular complexity index is 1830. The van der Waals surface area contributed by atoms with Gasteiger partial charge in [-0.15, -0.1) is 0 Å². The molecule has 1 aliphatic heterocycles. The molecule has 2 atom stereocenters. The van der Waals surface area contributed by atoms with Crippen molar-refractivity contribution in [3.63, 3.8) is 0 Å². The first kappa shape index (κ1) is 26.7. The number of H-pyrrole nitrogens is 1. The summed E-state index contributed by atoms with van der Waals surface area (Å²) in [6.45, 7) is 3.74. The summed E-state index contributed by atoms with van der Waals surface area (Å²) in [5.41, 5.74) is 4.12. The van der Waals surface area contributed by atoms with Gasteiger partial charge in [0.25, 0.3) is 0 Å². The maximum atomic E-state index is 16.5. The molecule has 0 bridgehead atoms. The third-order valence-electron chi connectivity index (χ3n) is 7.03. The summed E-state index contributed by atoms with van der Waals surface area (Å²) in [6.07, 6.45) is -2.24. The van der Waals surface area contributed by atoms with Gasteiger partial charge in [0.05, 0.1) is 41.5 Å². The van der Waals surface area contributed by atoms with Gasteiger partial charge >= 0.3 is 12.2 Å². The molecular weight excluding hydrogens is 568 g/mol. The Morgan fingerprint density at radius 1 is 1.27 bits per heavy atom. The number of methoxy groups -OCH3 is 1. The van der Waals surface area contributed by atoms with Crippen molar-refractivity contribution in [2.24, 2.45) is 0 Å². The maximum Gasteiger partial charge on any atom is 0.418 e. The van der Waals surface area contributed by atoms with Gasteiger partial charge in [-0.05, 0) is 26.0 Å². The highest BCUT2D eigenvalue weighted by Crippen LogP contribution is 2.48. The van der Waals surface area contributed by atoms with Crippen molar-refractivity contribution in [3.8, 4) is 23.1 Å². The van der Waals surface area contributed by atoms with Gasteiger partial charge in [-0.3, -0.25) is 5.10 Å². The van der Waals surface area contributed by atoms with Crippen LogP contribution in [0.1, 0.15) is 31.0 Å². The molecule has 3 N–H and O–H groups in total. The van der Waals surface area contributed by atoms with E-state index in [0.29, 0.717) is 11.4 Å². The van der Waals surface area contributed by atoms with Gasteiger partial charge in [-0.1, -0.05) is 17.7 Å². The molecule has 0 aliphatic carbocycles. The monoisotopic (exact) mass is 588 g/mol. The molecule has 10 nitrogen and oxygen atoms in total. The molecule has 5 heterocycles. The number of nitrogens with zero attached hydrogens (tertiary/aromatic N) is 6. The number of benzene rings is 1. The van der Waals surface area contributed by atoms with Crippen LogP contribution in [0, 0.1) is 5.82 Å². The summed E-state index contributed by atoms with van der Waals surface area (Å²) >= 11 is 6.08. The number of aromatic amines is 1. The van der Waals surface area contributed by atoms with Crippen LogP contribution in [0.15, 0.2) is 30.6 Å². The van der Waals surface area contributed by atoms with Crippen molar-refractivity contribution in [1.29, 1.82) is 0 Å². The first-order valence-electron chi connectivity index (χ1n) is 12.3. The summed E-state index contributed by atoms with van der Waals surface area (Å²) in [5.74, 6) is -0.803. The summed E-state index contributed by atoms with van der Waals surface area (Å²) < 4.78 is 70.8. The van der Waals surface area contributed by atoms with Gasteiger partial charge in [0.1, 0.15) is 34.8 Å². The molecule has 0 amide bonds. The van der Waals surface area contributed by atoms with Gasteiger partial charge in [0.2, 0.25) is 5.88 Å². The molecule has 5 aromatic rings. The van der Waals surface area contributed by atoms with Crippen LogP contribution in [0.3, 0.4) is 0 Å². The fourth-order valence-electron chi connectivity index (χ4n) is 5.22. The molecule has 1 unspecified atom stereocenters. The first-order valence-corrected chi connectivity index (χ1v) is 12.7.